The summed E-state index contributed by atoms with van der Waals surface area (Å²) in [6, 6.07) is 16.5. The van der Waals surface area contributed by atoms with Crippen molar-refractivity contribution in [2.24, 2.45) is 23.2 Å². The second-order valence-corrected chi connectivity index (χ2v) is 10.4. The SMILES string of the molecule is CC.COc1ccc(CN(Cc2ncc(-c3ccccc3)[nH]2)C(=O)C(N)Cc2c(C)cc(C(N)=O)cc2C)cc1N(N)C(=O)NN. The zero-order chi connectivity index (χ0) is 34.0. The molecule has 13 nitrogen and oxygen atoms in total. The number of amides is 4. The Hall–Kier alpha value is -5.24. The number of benzene rings is 3. The van der Waals surface area contributed by atoms with Gasteiger partial charge in [0.2, 0.25) is 11.8 Å². The maximum Gasteiger partial charge on any atom is 0.350 e. The molecule has 0 spiro atoms. The molecule has 13 heteroatoms. The van der Waals surface area contributed by atoms with Gasteiger partial charge in [-0.25, -0.2) is 26.5 Å². The molecule has 244 valence electrons. The maximum absolute atomic E-state index is 14.0. The van der Waals surface area contributed by atoms with Gasteiger partial charge in [0.05, 0.1) is 31.6 Å². The molecule has 0 aliphatic carbocycles. The molecule has 1 atom stereocenters. The van der Waals surface area contributed by atoms with Crippen molar-refractivity contribution in [3.8, 4) is 17.0 Å². The minimum Gasteiger partial charge on any atom is -0.495 e. The lowest BCUT2D eigenvalue weighted by molar-refractivity contribution is -0.134. The smallest absolute Gasteiger partial charge is 0.350 e. The van der Waals surface area contributed by atoms with Crippen LogP contribution < -0.4 is 38.3 Å². The molecule has 0 saturated carbocycles. The molecule has 3 aromatic carbocycles. The molecular formula is C33H43N9O4. The molecule has 4 rings (SSSR count). The Morgan fingerprint density at radius 3 is 2.24 bits per heavy atom. The van der Waals surface area contributed by atoms with Gasteiger partial charge in [-0.2, -0.15) is 0 Å². The Balaban J connectivity index is 0.00000282. The van der Waals surface area contributed by atoms with Crippen LogP contribution in [0.5, 0.6) is 5.75 Å². The Labute approximate surface area is 268 Å². The number of H-pyrrole nitrogens is 1. The highest BCUT2D eigenvalue weighted by Gasteiger charge is 2.25. The fraction of sp³-hybridized carbons (Fsp3) is 0.273. The third kappa shape index (κ3) is 8.47. The molecule has 46 heavy (non-hydrogen) atoms. The first kappa shape index (κ1) is 35.2. The lowest BCUT2D eigenvalue weighted by Gasteiger charge is -2.27. The van der Waals surface area contributed by atoms with Gasteiger partial charge in [-0.3, -0.25) is 15.0 Å². The number of primary amides is 1. The minimum atomic E-state index is -0.915. The number of hydrazine groups is 2. The van der Waals surface area contributed by atoms with E-state index in [1.165, 1.54) is 7.11 Å². The summed E-state index contributed by atoms with van der Waals surface area (Å²) in [5, 5.41) is 0.820. The number of rotatable bonds is 11. The summed E-state index contributed by atoms with van der Waals surface area (Å²) in [4.78, 5) is 47.2. The van der Waals surface area contributed by atoms with Crippen LogP contribution in [0, 0.1) is 13.8 Å². The van der Waals surface area contributed by atoms with Gasteiger partial charge in [0.15, 0.2) is 0 Å². The average molecular weight is 630 g/mol. The number of ether oxygens (including phenoxy) is 1. The normalized spacial score (nSPS) is 11.1. The number of methoxy groups -OCH3 is 1. The van der Waals surface area contributed by atoms with Crippen LogP contribution >= 0.6 is 0 Å². The van der Waals surface area contributed by atoms with Crippen LogP contribution in [0.3, 0.4) is 0 Å². The zero-order valence-corrected chi connectivity index (χ0v) is 26.8. The molecule has 0 fully saturated rings. The first-order valence-corrected chi connectivity index (χ1v) is 14.8. The molecule has 0 radical (unpaired) electrons. The standard InChI is InChI=1S/C31H37N9O4.C2H6/c1-18-11-22(29(33)41)12-19(2)23(18)14-24(32)30(42)39(17-28-36-15-25(37-28)21-7-5-4-6-8-21)16-20-9-10-27(44-3)26(13-20)40(35)31(43)38-34;1-2/h4-13,15,24H,14,16-17,32,34-35H2,1-3H3,(H2,33,41)(H,36,37)(H,38,43);1-2H3. The van der Waals surface area contributed by atoms with Crippen molar-refractivity contribution >= 4 is 23.5 Å². The number of carbonyl (C=O) groups is 3. The van der Waals surface area contributed by atoms with Crippen molar-refractivity contribution in [2.45, 2.75) is 53.2 Å². The number of urea groups is 1. The number of aromatic nitrogens is 2. The highest BCUT2D eigenvalue weighted by molar-refractivity contribution is 5.93. The van der Waals surface area contributed by atoms with Crippen LogP contribution in [0.1, 0.15) is 52.3 Å². The van der Waals surface area contributed by atoms with Crippen LogP contribution in [0.15, 0.2) is 66.9 Å². The summed E-state index contributed by atoms with van der Waals surface area (Å²) in [5.74, 6) is 11.3. The van der Waals surface area contributed by atoms with Crippen molar-refractivity contribution < 1.29 is 19.1 Å². The van der Waals surface area contributed by atoms with Gasteiger partial charge < -0.3 is 26.1 Å². The van der Waals surface area contributed by atoms with E-state index in [4.69, 9.17) is 27.9 Å². The lowest BCUT2D eigenvalue weighted by atomic mass is 9.93. The number of carbonyl (C=O) groups excluding carboxylic acids is 3. The van der Waals surface area contributed by atoms with E-state index in [1.807, 2.05) is 63.5 Å². The molecule has 1 aromatic heterocycles. The van der Waals surface area contributed by atoms with Gasteiger partial charge in [0, 0.05) is 12.1 Å². The number of nitrogens with two attached hydrogens (primary N) is 4. The van der Waals surface area contributed by atoms with Crippen LogP contribution in [-0.4, -0.2) is 45.9 Å². The van der Waals surface area contributed by atoms with Crippen molar-refractivity contribution in [3.05, 3.63) is 101 Å². The number of aromatic amines is 1. The first-order chi connectivity index (χ1) is 22.0. The fourth-order valence-corrected chi connectivity index (χ4v) is 5.02. The van der Waals surface area contributed by atoms with Crippen molar-refractivity contribution in [3.63, 3.8) is 0 Å². The number of nitrogens with zero attached hydrogens (tertiary/aromatic N) is 3. The van der Waals surface area contributed by atoms with Crippen LogP contribution in [0.25, 0.3) is 11.3 Å². The molecule has 1 unspecified atom stereocenters. The fourth-order valence-electron chi connectivity index (χ4n) is 5.02. The third-order valence-electron chi connectivity index (χ3n) is 7.31. The van der Waals surface area contributed by atoms with Gasteiger partial charge in [0.25, 0.3) is 0 Å². The number of anilines is 1. The van der Waals surface area contributed by atoms with E-state index in [2.05, 4.69) is 9.97 Å². The molecule has 4 aromatic rings. The highest BCUT2D eigenvalue weighted by Crippen LogP contribution is 2.29. The summed E-state index contributed by atoms with van der Waals surface area (Å²) >= 11 is 0. The van der Waals surface area contributed by atoms with Gasteiger partial charge in [-0.1, -0.05) is 50.2 Å². The minimum absolute atomic E-state index is 0.113. The summed E-state index contributed by atoms with van der Waals surface area (Å²) in [6.45, 7) is 7.94. The molecule has 0 saturated heterocycles. The van der Waals surface area contributed by atoms with E-state index in [1.54, 1.807) is 41.4 Å². The monoisotopic (exact) mass is 629 g/mol. The van der Waals surface area contributed by atoms with E-state index in [9.17, 15) is 14.4 Å². The topological polar surface area (TPSA) is 212 Å². The van der Waals surface area contributed by atoms with Crippen molar-refractivity contribution in [1.29, 1.82) is 0 Å². The van der Waals surface area contributed by atoms with E-state index in [-0.39, 0.29) is 31.1 Å². The quantitative estimate of drug-likeness (QED) is 0.0822. The number of hydrogen-bond donors (Lipinski definition) is 6. The Morgan fingerprint density at radius 1 is 1.00 bits per heavy atom. The average Bonchev–Trinajstić information content (AvgIpc) is 3.54. The summed E-state index contributed by atoms with van der Waals surface area (Å²) in [5.41, 5.74) is 19.5. The van der Waals surface area contributed by atoms with Gasteiger partial charge in [-0.15, -0.1) is 0 Å². The number of hydrogen-bond acceptors (Lipinski definition) is 8. The summed E-state index contributed by atoms with van der Waals surface area (Å²) in [6.07, 6.45) is 1.95. The van der Waals surface area contributed by atoms with Gasteiger partial charge in [-0.05, 0) is 72.4 Å². The second kappa shape index (κ2) is 16.2. The molecule has 4 amide bonds. The van der Waals surface area contributed by atoms with Crippen LogP contribution in [-0.2, 0) is 24.3 Å². The molecule has 0 bridgehead atoms. The second-order valence-electron chi connectivity index (χ2n) is 10.4. The van der Waals surface area contributed by atoms with Crippen molar-refractivity contribution in [1.82, 2.24) is 20.3 Å². The van der Waals surface area contributed by atoms with E-state index in [0.717, 1.165) is 33.0 Å². The number of imidazole rings is 1. The van der Waals surface area contributed by atoms with Gasteiger partial charge >= 0.3 is 6.03 Å². The zero-order valence-electron chi connectivity index (χ0n) is 26.8. The largest absolute Gasteiger partial charge is 0.495 e. The lowest BCUT2D eigenvalue weighted by Crippen LogP contribution is -2.47. The molecule has 1 heterocycles. The molecule has 0 aliphatic heterocycles. The van der Waals surface area contributed by atoms with Crippen LogP contribution in [0.2, 0.25) is 0 Å². The van der Waals surface area contributed by atoms with Crippen molar-refractivity contribution in [2.75, 3.05) is 12.1 Å². The van der Waals surface area contributed by atoms with E-state index >= 15 is 0 Å². The number of aryl methyl sites for hydroxylation is 2. The Kier molecular flexibility index (Phi) is 12.4. The predicted octanol–water partition coefficient (Wildman–Crippen LogP) is 3.19. The van der Waals surface area contributed by atoms with Gasteiger partial charge in [0.1, 0.15) is 17.3 Å². The highest BCUT2D eigenvalue weighted by atomic mass is 16.5. The maximum atomic E-state index is 14.0. The summed E-state index contributed by atoms with van der Waals surface area (Å²) in [7, 11) is 1.45. The van der Waals surface area contributed by atoms with E-state index in [0.29, 0.717) is 22.7 Å². The number of nitrogens with one attached hydrogen (secondary N) is 2. The summed E-state index contributed by atoms with van der Waals surface area (Å²) < 4.78 is 5.37. The first-order valence-electron chi connectivity index (χ1n) is 14.8. The Bertz CT molecular complexity index is 1630. The van der Waals surface area contributed by atoms with E-state index < -0.39 is 18.0 Å². The third-order valence-corrected chi connectivity index (χ3v) is 7.31. The molecular weight excluding hydrogens is 586 g/mol. The van der Waals surface area contributed by atoms with Crippen LogP contribution in [0.4, 0.5) is 10.5 Å². The molecule has 10 N–H and O–H groups in total. The predicted molar refractivity (Wildman–Crippen MR) is 178 cm³/mol. The molecule has 0 aliphatic rings. The Morgan fingerprint density at radius 2 is 1.65 bits per heavy atom.